The van der Waals surface area contributed by atoms with Gasteiger partial charge in [0.15, 0.2) is 0 Å². The number of halogens is 3. The van der Waals surface area contributed by atoms with E-state index >= 15 is 0 Å². The van der Waals surface area contributed by atoms with Crippen molar-refractivity contribution in [1.82, 2.24) is 0 Å². The van der Waals surface area contributed by atoms with Crippen LogP contribution in [0.2, 0.25) is 0 Å². The quantitative estimate of drug-likeness (QED) is 0.490. The number of nitriles is 1. The zero-order valence-corrected chi connectivity index (χ0v) is 13.5. The van der Waals surface area contributed by atoms with Crippen molar-refractivity contribution in [2.24, 2.45) is 17.3 Å². The molecule has 0 saturated heterocycles. The Morgan fingerprint density at radius 1 is 1.14 bits per heavy atom. The molecule has 0 spiro atoms. The molecule has 0 saturated carbocycles. The molecule has 22 heavy (non-hydrogen) atoms. The fourth-order valence-electron chi connectivity index (χ4n) is 3.47. The van der Waals surface area contributed by atoms with Crippen LogP contribution >= 0.6 is 0 Å². The van der Waals surface area contributed by atoms with Crippen molar-refractivity contribution in [3.05, 3.63) is 24.3 Å². The summed E-state index contributed by atoms with van der Waals surface area (Å²) in [6, 6.07) is 1.87. The summed E-state index contributed by atoms with van der Waals surface area (Å²) in [6.07, 6.45) is 7.25. The van der Waals surface area contributed by atoms with Crippen LogP contribution in [0.25, 0.3) is 0 Å². The summed E-state index contributed by atoms with van der Waals surface area (Å²) in [5, 5.41) is 9.24. The van der Waals surface area contributed by atoms with Crippen LogP contribution in [-0.4, -0.2) is 6.18 Å². The van der Waals surface area contributed by atoms with Crippen LogP contribution in [-0.2, 0) is 0 Å². The van der Waals surface area contributed by atoms with E-state index in [1.807, 2.05) is 6.07 Å². The van der Waals surface area contributed by atoms with Crippen molar-refractivity contribution >= 4 is 0 Å². The molecule has 0 amide bonds. The van der Waals surface area contributed by atoms with Gasteiger partial charge in [-0.15, -0.1) is 0 Å². The molecule has 3 atom stereocenters. The Morgan fingerprint density at radius 2 is 1.82 bits per heavy atom. The highest BCUT2D eigenvalue weighted by Crippen LogP contribution is 2.55. The fraction of sp³-hybridized carbons (Fsp3) is 0.722. The Hall–Kier alpha value is -1.24. The third kappa shape index (κ3) is 3.94. The summed E-state index contributed by atoms with van der Waals surface area (Å²) in [7, 11) is 0. The van der Waals surface area contributed by atoms with Gasteiger partial charge in [-0.2, -0.15) is 18.4 Å². The summed E-state index contributed by atoms with van der Waals surface area (Å²) in [4.78, 5) is 0. The Kier molecular flexibility index (Phi) is 7.19. The molecule has 0 aromatic heterocycles. The van der Waals surface area contributed by atoms with Gasteiger partial charge in [-0.25, -0.2) is 0 Å². The molecule has 1 aliphatic carbocycles. The molecule has 0 aromatic carbocycles. The van der Waals surface area contributed by atoms with Crippen LogP contribution in [0, 0.1) is 28.6 Å². The van der Waals surface area contributed by atoms with Crippen LogP contribution in [0.1, 0.15) is 58.8 Å². The molecule has 4 heteroatoms. The molecule has 0 heterocycles. The summed E-state index contributed by atoms with van der Waals surface area (Å²) in [5.41, 5.74) is -2.03. The maximum Gasteiger partial charge on any atom is 0.399 e. The van der Waals surface area contributed by atoms with Crippen LogP contribution in [0.3, 0.4) is 0 Å². The van der Waals surface area contributed by atoms with Crippen molar-refractivity contribution in [2.75, 3.05) is 0 Å². The van der Waals surface area contributed by atoms with Crippen molar-refractivity contribution in [3.63, 3.8) is 0 Å². The second-order valence-electron chi connectivity index (χ2n) is 6.09. The summed E-state index contributed by atoms with van der Waals surface area (Å²) in [5.74, 6) is -1.67. The summed E-state index contributed by atoms with van der Waals surface area (Å²) < 4.78 is 41.6. The van der Waals surface area contributed by atoms with Gasteiger partial charge in [0.1, 0.15) is 5.41 Å². The standard InChI is InChI=1S/C18H26F3N/c1-3-5-6-7-8-11-15(4-2)17(18(19,20)21)13-10-9-12-16(17)14-22/h9-10,12-13,15-16H,3-8,11H2,1-2H3. The van der Waals surface area contributed by atoms with E-state index in [-0.39, 0.29) is 0 Å². The Labute approximate surface area is 131 Å². The van der Waals surface area contributed by atoms with Gasteiger partial charge in [-0.3, -0.25) is 0 Å². The molecule has 1 nitrogen and oxygen atoms in total. The Bertz CT molecular complexity index is 431. The molecule has 0 bridgehead atoms. The fourth-order valence-corrected chi connectivity index (χ4v) is 3.47. The Balaban J connectivity index is 2.93. The van der Waals surface area contributed by atoms with E-state index in [0.717, 1.165) is 32.1 Å². The SMILES string of the molecule is CCCCCCCC(CC)C1(C(F)(F)F)C=CC=CC1C#N. The van der Waals surface area contributed by atoms with Crippen molar-refractivity contribution in [1.29, 1.82) is 5.26 Å². The zero-order valence-electron chi connectivity index (χ0n) is 13.5. The summed E-state index contributed by atoms with van der Waals surface area (Å²) >= 11 is 0. The molecule has 124 valence electrons. The topological polar surface area (TPSA) is 23.8 Å². The second-order valence-corrected chi connectivity index (χ2v) is 6.09. The maximum atomic E-state index is 13.9. The maximum absolute atomic E-state index is 13.9. The lowest BCUT2D eigenvalue weighted by atomic mass is 9.62. The van der Waals surface area contributed by atoms with E-state index in [9.17, 15) is 18.4 Å². The van der Waals surface area contributed by atoms with Crippen LogP contribution < -0.4 is 0 Å². The molecule has 0 N–H and O–H groups in total. The minimum absolute atomic E-state index is 0.434. The average Bonchev–Trinajstić information content (AvgIpc) is 2.49. The van der Waals surface area contributed by atoms with Gasteiger partial charge in [0.25, 0.3) is 0 Å². The predicted molar refractivity (Wildman–Crippen MR) is 83.0 cm³/mol. The third-order valence-electron chi connectivity index (χ3n) is 4.76. The first kappa shape index (κ1) is 18.8. The normalized spacial score (nSPS) is 25.9. The number of allylic oxidation sites excluding steroid dienone is 4. The van der Waals surface area contributed by atoms with Crippen LogP contribution in [0.4, 0.5) is 13.2 Å². The van der Waals surface area contributed by atoms with E-state index in [1.54, 1.807) is 13.0 Å². The molecule has 0 fully saturated rings. The first-order valence-electron chi connectivity index (χ1n) is 8.26. The Morgan fingerprint density at radius 3 is 2.36 bits per heavy atom. The van der Waals surface area contributed by atoms with Crippen LogP contribution in [0.15, 0.2) is 24.3 Å². The van der Waals surface area contributed by atoms with Crippen molar-refractivity contribution in [3.8, 4) is 6.07 Å². The minimum Gasteiger partial charge on any atom is -0.198 e. The van der Waals surface area contributed by atoms with E-state index in [4.69, 9.17) is 0 Å². The predicted octanol–water partition coefficient (Wildman–Crippen LogP) is 6.19. The van der Waals surface area contributed by atoms with Crippen LogP contribution in [0.5, 0.6) is 0 Å². The molecular formula is C18H26F3N. The number of alkyl halides is 3. The minimum atomic E-state index is -4.40. The number of nitrogens with zero attached hydrogens (tertiary/aromatic N) is 1. The van der Waals surface area contributed by atoms with E-state index in [2.05, 4.69) is 6.92 Å². The number of unbranched alkanes of at least 4 members (excludes halogenated alkanes) is 4. The van der Waals surface area contributed by atoms with E-state index < -0.39 is 23.4 Å². The number of hydrogen-bond acceptors (Lipinski definition) is 1. The number of rotatable bonds is 8. The molecule has 1 aliphatic rings. The second kappa shape index (κ2) is 8.41. The number of hydrogen-bond donors (Lipinski definition) is 0. The summed E-state index contributed by atoms with van der Waals surface area (Å²) in [6.45, 7) is 3.91. The van der Waals surface area contributed by atoms with Gasteiger partial charge in [0.05, 0.1) is 12.0 Å². The monoisotopic (exact) mass is 313 g/mol. The molecular weight excluding hydrogens is 287 g/mol. The molecule has 0 aliphatic heterocycles. The van der Waals surface area contributed by atoms with E-state index in [1.165, 1.54) is 18.2 Å². The van der Waals surface area contributed by atoms with Gasteiger partial charge in [-0.05, 0) is 12.3 Å². The van der Waals surface area contributed by atoms with Crippen molar-refractivity contribution < 1.29 is 13.2 Å². The zero-order chi connectivity index (χ0) is 16.6. The van der Waals surface area contributed by atoms with Gasteiger partial charge >= 0.3 is 6.18 Å². The lowest BCUT2D eigenvalue weighted by Crippen LogP contribution is -2.48. The molecule has 3 unspecified atom stereocenters. The van der Waals surface area contributed by atoms with E-state index in [0.29, 0.717) is 12.8 Å². The smallest absolute Gasteiger partial charge is 0.198 e. The first-order chi connectivity index (χ1) is 10.4. The lowest BCUT2D eigenvalue weighted by Gasteiger charge is -2.43. The van der Waals surface area contributed by atoms with Gasteiger partial charge in [0.2, 0.25) is 0 Å². The molecule has 0 radical (unpaired) electrons. The molecule has 1 rings (SSSR count). The highest BCUT2D eigenvalue weighted by Gasteiger charge is 2.61. The third-order valence-corrected chi connectivity index (χ3v) is 4.76. The van der Waals surface area contributed by atoms with Gasteiger partial charge in [0, 0.05) is 0 Å². The molecule has 0 aromatic rings. The average molecular weight is 313 g/mol. The first-order valence-corrected chi connectivity index (χ1v) is 8.26. The largest absolute Gasteiger partial charge is 0.399 e. The highest BCUT2D eigenvalue weighted by atomic mass is 19.4. The lowest BCUT2D eigenvalue weighted by molar-refractivity contribution is -0.233. The van der Waals surface area contributed by atoms with Gasteiger partial charge < -0.3 is 0 Å². The van der Waals surface area contributed by atoms with Crippen molar-refractivity contribution in [2.45, 2.75) is 65.0 Å². The highest BCUT2D eigenvalue weighted by molar-refractivity contribution is 5.28. The van der Waals surface area contributed by atoms with Gasteiger partial charge in [-0.1, -0.05) is 76.7 Å².